The zero-order chi connectivity index (χ0) is 14.0. The van der Waals surface area contributed by atoms with Crippen LogP contribution in [0.1, 0.15) is 19.0 Å². The van der Waals surface area contributed by atoms with E-state index in [2.05, 4.69) is 22.9 Å². The fraction of sp³-hybridized carbons (Fsp3) is 0.692. The van der Waals surface area contributed by atoms with Gasteiger partial charge in [-0.3, -0.25) is 0 Å². The number of hydrogen-bond acceptors (Lipinski definition) is 3. The number of hydrogen-bond donors (Lipinski definition) is 1. The molecule has 0 aromatic carbocycles. The van der Waals surface area contributed by atoms with E-state index < -0.39 is 10.0 Å². The average molecular weight is 285 g/mol. The van der Waals surface area contributed by atoms with E-state index in [9.17, 15) is 8.42 Å². The summed E-state index contributed by atoms with van der Waals surface area (Å²) < 4.78 is 26.7. The Morgan fingerprint density at radius 1 is 1.47 bits per heavy atom. The second kappa shape index (κ2) is 5.64. The standard InChI is InChI=1S/C13H23N3O2S/c1-11-10-16(19(3,17)18)8-6-13(11)14-9-12-5-4-7-15(12)2/h4-5,7,11,13-14H,6,8-10H2,1-3H3. The summed E-state index contributed by atoms with van der Waals surface area (Å²) >= 11 is 0. The maximum absolute atomic E-state index is 11.5. The lowest BCUT2D eigenvalue weighted by molar-refractivity contribution is 0.219. The molecule has 0 bridgehead atoms. The lowest BCUT2D eigenvalue weighted by atomic mass is 9.95. The van der Waals surface area contributed by atoms with Gasteiger partial charge in [0, 0.05) is 44.6 Å². The van der Waals surface area contributed by atoms with E-state index in [1.807, 2.05) is 19.3 Å². The second-order valence-electron chi connectivity index (χ2n) is 5.48. The molecule has 1 aliphatic rings. The molecule has 2 unspecified atom stereocenters. The first-order valence-electron chi connectivity index (χ1n) is 6.66. The van der Waals surface area contributed by atoms with Crippen molar-refractivity contribution in [3.05, 3.63) is 24.0 Å². The Labute approximate surface area is 115 Å². The van der Waals surface area contributed by atoms with Gasteiger partial charge < -0.3 is 9.88 Å². The smallest absolute Gasteiger partial charge is 0.211 e. The number of nitrogens with one attached hydrogen (secondary N) is 1. The van der Waals surface area contributed by atoms with Crippen LogP contribution in [0.5, 0.6) is 0 Å². The fourth-order valence-corrected chi connectivity index (χ4v) is 3.57. The topological polar surface area (TPSA) is 54.3 Å². The van der Waals surface area contributed by atoms with Crippen LogP contribution in [-0.4, -0.2) is 42.7 Å². The number of aromatic nitrogens is 1. The van der Waals surface area contributed by atoms with E-state index in [1.165, 1.54) is 11.9 Å². The van der Waals surface area contributed by atoms with Crippen LogP contribution in [0.4, 0.5) is 0 Å². The number of sulfonamides is 1. The molecular formula is C13H23N3O2S. The highest BCUT2D eigenvalue weighted by Gasteiger charge is 2.30. The molecule has 0 aliphatic carbocycles. The van der Waals surface area contributed by atoms with Gasteiger partial charge in [-0.1, -0.05) is 6.92 Å². The molecule has 0 saturated carbocycles. The summed E-state index contributed by atoms with van der Waals surface area (Å²) in [5.41, 5.74) is 1.25. The lowest BCUT2D eigenvalue weighted by Crippen LogP contribution is -2.49. The normalized spacial score (nSPS) is 25.6. The predicted octanol–water partition coefficient (Wildman–Crippen LogP) is 0.785. The van der Waals surface area contributed by atoms with Crippen LogP contribution in [0, 0.1) is 5.92 Å². The largest absolute Gasteiger partial charge is 0.353 e. The van der Waals surface area contributed by atoms with Crippen LogP contribution in [0.25, 0.3) is 0 Å². The summed E-state index contributed by atoms with van der Waals surface area (Å²) in [4.78, 5) is 0. The molecule has 1 aromatic rings. The van der Waals surface area contributed by atoms with Crippen molar-refractivity contribution in [1.82, 2.24) is 14.2 Å². The Kier molecular flexibility index (Phi) is 4.32. The average Bonchev–Trinajstić information content (AvgIpc) is 2.72. The van der Waals surface area contributed by atoms with Gasteiger partial charge in [0.15, 0.2) is 0 Å². The second-order valence-corrected chi connectivity index (χ2v) is 7.47. The molecule has 1 fully saturated rings. The van der Waals surface area contributed by atoms with Crippen LogP contribution in [0.2, 0.25) is 0 Å². The van der Waals surface area contributed by atoms with Gasteiger partial charge in [-0.05, 0) is 24.5 Å². The molecule has 1 saturated heterocycles. The molecule has 0 spiro atoms. The van der Waals surface area contributed by atoms with Crippen LogP contribution in [0.3, 0.4) is 0 Å². The predicted molar refractivity (Wildman–Crippen MR) is 76.2 cm³/mol. The van der Waals surface area contributed by atoms with E-state index in [1.54, 1.807) is 4.31 Å². The molecule has 1 N–H and O–H groups in total. The molecule has 19 heavy (non-hydrogen) atoms. The van der Waals surface area contributed by atoms with Crippen molar-refractivity contribution in [2.45, 2.75) is 25.9 Å². The minimum Gasteiger partial charge on any atom is -0.353 e. The summed E-state index contributed by atoms with van der Waals surface area (Å²) in [6.45, 7) is 4.18. The fourth-order valence-electron chi connectivity index (χ4n) is 2.63. The van der Waals surface area contributed by atoms with Gasteiger partial charge in [0.2, 0.25) is 10.0 Å². The third-order valence-corrected chi connectivity index (χ3v) is 5.20. The van der Waals surface area contributed by atoms with Gasteiger partial charge in [-0.15, -0.1) is 0 Å². The van der Waals surface area contributed by atoms with Gasteiger partial charge in [0.1, 0.15) is 0 Å². The lowest BCUT2D eigenvalue weighted by Gasteiger charge is -2.36. The highest BCUT2D eigenvalue weighted by atomic mass is 32.2. The van der Waals surface area contributed by atoms with E-state index in [-0.39, 0.29) is 0 Å². The molecule has 0 radical (unpaired) electrons. The quantitative estimate of drug-likeness (QED) is 0.889. The zero-order valence-corrected chi connectivity index (χ0v) is 12.7. The number of aryl methyl sites for hydroxylation is 1. The maximum atomic E-state index is 11.5. The Balaban J connectivity index is 1.89. The molecule has 1 aromatic heterocycles. The van der Waals surface area contributed by atoms with Crippen LogP contribution in [-0.2, 0) is 23.6 Å². The third kappa shape index (κ3) is 3.58. The first kappa shape index (κ1) is 14.6. The molecule has 2 heterocycles. The molecule has 5 nitrogen and oxygen atoms in total. The van der Waals surface area contributed by atoms with Crippen molar-refractivity contribution in [2.75, 3.05) is 19.3 Å². The van der Waals surface area contributed by atoms with Crippen molar-refractivity contribution >= 4 is 10.0 Å². The first-order valence-corrected chi connectivity index (χ1v) is 8.51. The van der Waals surface area contributed by atoms with Crippen molar-refractivity contribution < 1.29 is 8.42 Å². The molecule has 108 valence electrons. The highest BCUT2D eigenvalue weighted by molar-refractivity contribution is 7.88. The van der Waals surface area contributed by atoms with E-state index in [0.29, 0.717) is 25.0 Å². The summed E-state index contributed by atoms with van der Waals surface area (Å²) in [6, 6.07) is 4.52. The van der Waals surface area contributed by atoms with Crippen molar-refractivity contribution in [3.8, 4) is 0 Å². The van der Waals surface area contributed by atoms with E-state index in [0.717, 1.165) is 13.0 Å². The summed E-state index contributed by atoms with van der Waals surface area (Å²) in [6.07, 6.45) is 4.20. The number of piperidine rings is 1. The van der Waals surface area contributed by atoms with Gasteiger partial charge in [0.05, 0.1) is 6.26 Å². The van der Waals surface area contributed by atoms with Gasteiger partial charge >= 0.3 is 0 Å². The number of nitrogens with zero attached hydrogens (tertiary/aromatic N) is 2. The minimum atomic E-state index is -3.05. The summed E-state index contributed by atoms with van der Waals surface area (Å²) in [5.74, 6) is 0.337. The Hall–Kier alpha value is -0.850. The van der Waals surface area contributed by atoms with Crippen LogP contribution in [0.15, 0.2) is 18.3 Å². The summed E-state index contributed by atoms with van der Waals surface area (Å²) in [5, 5.41) is 3.54. The Bertz CT molecular complexity index is 524. The van der Waals surface area contributed by atoms with Crippen molar-refractivity contribution in [2.24, 2.45) is 13.0 Å². The molecule has 1 aliphatic heterocycles. The SMILES string of the molecule is CC1CN(S(C)(=O)=O)CCC1NCc1cccn1C. The monoisotopic (exact) mass is 285 g/mol. The summed E-state index contributed by atoms with van der Waals surface area (Å²) in [7, 11) is -1.01. The molecular weight excluding hydrogens is 262 g/mol. The maximum Gasteiger partial charge on any atom is 0.211 e. The Morgan fingerprint density at radius 2 is 2.21 bits per heavy atom. The molecule has 0 amide bonds. The highest BCUT2D eigenvalue weighted by Crippen LogP contribution is 2.19. The van der Waals surface area contributed by atoms with Crippen molar-refractivity contribution in [3.63, 3.8) is 0 Å². The first-order chi connectivity index (χ1) is 8.88. The Morgan fingerprint density at radius 3 is 2.74 bits per heavy atom. The van der Waals surface area contributed by atoms with Crippen molar-refractivity contribution in [1.29, 1.82) is 0 Å². The minimum absolute atomic E-state index is 0.337. The van der Waals surface area contributed by atoms with Gasteiger partial charge in [-0.25, -0.2) is 12.7 Å². The molecule has 6 heteroatoms. The molecule has 2 rings (SSSR count). The zero-order valence-electron chi connectivity index (χ0n) is 11.8. The third-order valence-electron chi connectivity index (χ3n) is 3.93. The van der Waals surface area contributed by atoms with Crippen LogP contribution >= 0.6 is 0 Å². The van der Waals surface area contributed by atoms with Crippen LogP contribution < -0.4 is 5.32 Å². The van der Waals surface area contributed by atoms with E-state index >= 15 is 0 Å². The van der Waals surface area contributed by atoms with E-state index in [4.69, 9.17) is 0 Å². The van der Waals surface area contributed by atoms with Gasteiger partial charge in [0.25, 0.3) is 0 Å². The van der Waals surface area contributed by atoms with Gasteiger partial charge in [-0.2, -0.15) is 0 Å². The number of rotatable bonds is 4. The molecule has 2 atom stereocenters.